The van der Waals surface area contributed by atoms with Crippen LogP contribution in [0.2, 0.25) is 10.0 Å². The van der Waals surface area contributed by atoms with Gasteiger partial charge in [-0.3, -0.25) is 0 Å². The van der Waals surface area contributed by atoms with Crippen molar-refractivity contribution < 1.29 is 19.7 Å². The van der Waals surface area contributed by atoms with Gasteiger partial charge in [0.15, 0.2) is 0 Å². The van der Waals surface area contributed by atoms with Gasteiger partial charge in [-0.05, 0) is 61.2 Å². The Balaban J connectivity index is 0.000000257. The van der Waals surface area contributed by atoms with Crippen LogP contribution in [-0.4, -0.2) is 27.8 Å². The fourth-order valence-corrected chi connectivity index (χ4v) is 4.02. The van der Waals surface area contributed by atoms with E-state index in [0.717, 1.165) is 34.2 Å². The molecule has 0 amide bonds. The number of hydrogen-bond donors (Lipinski definition) is 3. The lowest BCUT2D eigenvalue weighted by atomic mass is 10.1. The fourth-order valence-electron chi connectivity index (χ4n) is 3.54. The van der Waals surface area contributed by atoms with Gasteiger partial charge in [0.25, 0.3) is 0 Å². The molecular weight excluding hydrogens is 461 g/mol. The standard InChI is InChI=1S/C18H16ClNO3.C8H9ClO/c19-12-5-3-6-13(11-12)23-10-4-8-15-14-7-1-2-9-16(14)20-17(15)18(21)22;1-2-6-7(9)4-3-5-8(6)10/h1-3,5-7,9,11,20H,4,8,10H2,(H,21,22);3-5,10H,2H2,1H3. The monoisotopic (exact) mass is 485 g/mol. The molecular formula is C26H25Cl2NO4. The van der Waals surface area contributed by atoms with Crippen LogP contribution in [-0.2, 0) is 12.8 Å². The molecule has 0 atom stereocenters. The molecule has 4 aromatic rings. The molecule has 7 heteroatoms. The Kier molecular flexibility index (Phi) is 8.64. The number of benzene rings is 3. The minimum atomic E-state index is -0.938. The molecule has 4 rings (SSSR count). The van der Waals surface area contributed by atoms with Crippen molar-refractivity contribution in [2.24, 2.45) is 0 Å². The molecule has 0 saturated carbocycles. The highest BCUT2D eigenvalue weighted by atomic mass is 35.5. The van der Waals surface area contributed by atoms with Crippen LogP contribution >= 0.6 is 23.2 Å². The van der Waals surface area contributed by atoms with Crippen LogP contribution in [0.15, 0.2) is 66.7 Å². The maximum atomic E-state index is 11.4. The molecule has 3 N–H and O–H groups in total. The van der Waals surface area contributed by atoms with Crippen LogP contribution in [0.5, 0.6) is 11.5 Å². The van der Waals surface area contributed by atoms with Crippen LogP contribution in [0, 0.1) is 0 Å². The number of H-pyrrole nitrogens is 1. The predicted molar refractivity (Wildman–Crippen MR) is 133 cm³/mol. The number of fused-ring (bicyclic) bond motifs is 1. The molecule has 0 bridgehead atoms. The van der Waals surface area contributed by atoms with E-state index in [9.17, 15) is 15.0 Å². The Hall–Kier alpha value is -3.15. The van der Waals surface area contributed by atoms with E-state index < -0.39 is 5.97 Å². The molecule has 0 spiro atoms. The lowest BCUT2D eigenvalue weighted by Crippen LogP contribution is -2.04. The van der Waals surface area contributed by atoms with E-state index in [4.69, 9.17) is 27.9 Å². The number of aromatic carboxylic acids is 1. The molecule has 0 radical (unpaired) electrons. The molecule has 0 fully saturated rings. The number of halogens is 2. The average molecular weight is 486 g/mol. The first-order chi connectivity index (χ1) is 15.9. The second-order valence-electron chi connectivity index (χ2n) is 7.33. The predicted octanol–water partition coefficient (Wildman–Crippen LogP) is 7.14. The SMILES string of the molecule is CCc1c(O)cccc1Cl.O=C(O)c1[nH]c2ccccc2c1CCCOc1cccc(Cl)c1. The van der Waals surface area contributed by atoms with E-state index in [-0.39, 0.29) is 11.4 Å². The largest absolute Gasteiger partial charge is 0.508 e. The molecule has 172 valence electrons. The number of phenolic OH excluding ortho intramolecular Hbond substituents is 1. The first kappa shape index (κ1) is 24.5. The average Bonchev–Trinajstić information content (AvgIpc) is 3.16. The number of phenols is 1. The molecule has 0 saturated heterocycles. The molecule has 33 heavy (non-hydrogen) atoms. The van der Waals surface area contributed by atoms with Gasteiger partial charge in [-0.15, -0.1) is 0 Å². The maximum Gasteiger partial charge on any atom is 0.352 e. The normalized spacial score (nSPS) is 10.5. The minimum absolute atomic E-state index is 0.258. The number of ether oxygens (including phenoxy) is 1. The molecule has 0 aliphatic carbocycles. The Morgan fingerprint density at radius 2 is 1.76 bits per heavy atom. The zero-order valence-electron chi connectivity index (χ0n) is 18.1. The number of rotatable bonds is 7. The van der Waals surface area contributed by atoms with Crippen molar-refractivity contribution >= 4 is 40.1 Å². The Labute approximate surface area is 202 Å². The lowest BCUT2D eigenvalue weighted by molar-refractivity contribution is 0.0690. The fraction of sp³-hybridized carbons (Fsp3) is 0.192. The van der Waals surface area contributed by atoms with Crippen molar-refractivity contribution in [1.29, 1.82) is 0 Å². The van der Waals surface area contributed by atoms with Crippen molar-refractivity contribution in [1.82, 2.24) is 4.98 Å². The minimum Gasteiger partial charge on any atom is -0.508 e. The van der Waals surface area contributed by atoms with Gasteiger partial charge in [-0.1, -0.05) is 60.5 Å². The second kappa shape index (κ2) is 11.6. The number of nitrogens with one attached hydrogen (secondary N) is 1. The van der Waals surface area contributed by atoms with E-state index in [1.807, 2.05) is 43.3 Å². The van der Waals surface area contributed by atoms with Crippen molar-refractivity contribution in [3.63, 3.8) is 0 Å². The molecule has 0 aliphatic rings. The number of carboxylic acid groups (broad SMARTS) is 1. The van der Waals surface area contributed by atoms with E-state index >= 15 is 0 Å². The van der Waals surface area contributed by atoms with Gasteiger partial charge in [0.2, 0.25) is 0 Å². The zero-order valence-corrected chi connectivity index (χ0v) is 19.7. The van der Waals surface area contributed by atoms with Crippen LogP contribution < -0.4 is 4.74 Å². The number of carbonyl (C=O) groups is 1. The molecule has 5 nitrogen and oxygen atoms in total. The highest BCUT2D eigenvalue weighted by Crippen LogP contribution is 2.25. The smallest absolute Gasteiger partial charge is 0.352 e. The highest BCUT2D eigenvalue weighted by Gasteiger charge is 2.16. The van der Waals surface area contributed by atoms with Crippen molar-refractivity contribution in [2.45, 2.75) is 26.2 Å². The maximum absolute atomic E-state index is 11.4. The molecule has 1 aromatic heterocycles. The number of aryl methyl sites for hydroxylation is 1. The first-order valence-corrected chi connectivity index (χ1v) is 11.3. The number of aromatic hydroxyl groups is 1. The number of aromatic amines is 1. The molecule has 3 aromatic carbocycles. The third-order valence-electron chi connectivity index (χ3n) is 5.11. The summed E-state index contributed by atoms with van der Waals surface area (Å²) in [6, 6.07) is 20.0. The number of aromatic nitrogens is 1. The first-order valence-electron chi connectivity index (χ1n) is 10.6. The Bertz CT molecular complexity index is 1220. The Morgan fingerprint density at radius 1 is 1.00 bits per heavy atom. The topological polar surface area (TPSA) is 82.5 Å². The quantitative estimate of drug-likeness (QED) is 0.243. The van der Waals surface area contributed by atoms with E-state index in [1.54, 1.807) is 30.3 Å². The van der Waals surface area contributed by atoms with E-state index in [0.29, 0.717) is 29.5 Å². The van der Waals surface area contributed by atoms with Gasteiger partial charge in [-0.25, -0.2) is 4.79 Å². The molecule has 0 aliphatic heterocycles. The van der Waals surface area contributed by atoms with Gasteiger partial charge in [-0.2, -0.15) is 0 Å². The van der Waals surface area contributed by atoms with E-state index in [1.165, 1.54) is 0 Å². The number of carboxylic acids is 1. The van der Waals surface area contributed by atoms with Gasteiger partial charge in [0, 0.05) is 26.5 Å². The summed E-state index contributed by atoms with van der Waals surface area (Å²) in [5, 5.41) is 20.8. The van der Waals surface area contributed by atoms with E-state index in [2.05, 4.69) is 4.98 Å². The summed E-state index contributed by atoms with van der Waals surface area (Å²) in [7, 11) is 0. The summed E-state index contributed by atoms with van der Waals surface area (Å²) in [6.45, 7) is 2.46. The van der Waals surface area contributed by atoms with Crippen molar-refractivity contribution in [2.75, 3.05) is 6.61 Å². The summed E-state index contributed by atoms with van der Waals surface area (Å²) in [5.74, 6) is 0.0665. The summed E-state index contributed by atoms with van der Waals surface area (Å²) in [5.41, 5.74) is 2.75. The second-order valence-corrected chi connectivity index (χ2v) is 8.17. The molecule has 1 heterocycles. The van der Waals surface area contributed by atoms with Gasteiger partial charge >= 0.3 is 5.97 Å². The van der Waals surface area contributed by atoms with Crippen molar-refractivity contribution in [3.05, 3.63) is 93.6 Å². The number of para-hydroxylation sites is 1. The summed E-state index contributed by atoms with van der Waals surface area (Å²) >= 11 is 11.7. The van der Waals surface area contributed by atoms with Crippen molar-refractivity contribution in [3.8, 4) is 11.5 Å². The zero-order chi connectivity index (χ0) is 23.8. The third kappa shape index (κ3) is 6.44. The molecule has 0 unspecified atom stereocenters. The van der Waals surface area contributed by atoms with Crippen LogP contribution in [0.3, 0.4) is 0 Å². The van der Waals surface area contributed by atoms with Crippen LogP contribution in [0.1, 0.15) is 35.0 Å². The summed E-state index contributed by atoms with van der Waals surface area (Å²) in [4.78, 5) is 14.4. The lowest BCUT2D eigenvalue weighted by Gasteiger charge is -2.06. The van der Waals surface area contributed by atoms with Crippen LogP contribution in [0.4, 0.5) is 0 Å². The van der Waals surface area contributed by atoms with Gasteiger partial charge < -0.3 is 19.9 Å². The third-order valence-corrected chi connectivity index (χ3v) is 5.70. The summed E-state index contributed by atoms with van der Waals surface area (Å²) in [6.07, 6.45) is 2.12. The summed E-state index contributed by atoms with van der Waals surface area (Å²) < 4.78 is 5.66. The van der Waals surface area contributed by atoms with Crippen LogP contribution in [0.25, 0.3) is 10.9 Å². The highest BCUT2D eigenvalue weighted by molar-refractivity contribution is 6.31. The van der Waals surface area contributed by atoms with Gasteiger partial charge in [0.05, 0.1) is 6.61 Å². The Morgan fingerprint density at radius 3 is 2.42 bits per heavy atom. The van der Waals surface area contributed by atoms with Gasteiger partial charge in [0.1, 0.15) is 17.2 Å². The number of hydrogen-bond acceptors (Lipinski definition) is 3.